The summed E-state index contributed by atoms with van der Waals surface area (Å²) in [5.74, 6) is 0.291. The van der Waals surface area contributed by atoms with Crippen molar-refractivity contribution in [3.8, 4) is 5.75 Å². The van der Waals surface area contributed by atoms with Gasteiger partial charge in [-0.3, -0.25) is 4.79 Å². The number of aromatic nitrogens is 1. The lowest BCUT2D eigenvalue weighted by molar-refractivity contribution is -0.123. The molecule has 94 valence electrons. The van der Waals surface area contributed by atoms with Crippen LogP contribution in [-0.2, 0) is 4.79 Å². The van der Waals surface area contributed by atoms with Crippen LogP contribution in [0.3, 0.4) is 0 Å². The van der Waals surface area contributed by atoms with Crippen LogP contribution in [0.1, 0.15) is 26.2 Å². The number of carbonyl (C=O) groups excluding carboxylic acids is 1. The largest absolute Gasteiger partial charge is 0.481 e. The topological polar surface area (TPSA) is 51.2 Å². The first-order valence-corrected chi connectivity index (χ1v) is 6.12. The number of amides is 1. The Balaban J connectivity index is 2.22. The number of carbonyl (C=O) groups is 1. The highest BCUT2D eigenvalue weighted by atomic mass is 35.5. The van der Waals surface area contributed by atoms with Crippen LogP contribution >= 0.6 is 11.6 Å². The minimum absolute atomic E-state index is 0.0302. The summed E-state index contributed by atoms with van der Waals surface area (Å²) in [6.45, 7) is 2.78. The number of hydrogen-bond acceptors (Lipinski definition) is 3. The van der Waals surface area contributed by atoms with E-state index in [2.05, 4.69) is 17.2 Å². The quantitative estimate of drug-likeness (QED) is 0.602. The lowest BCUT2D eigenvalue weighted by Crippen LogP contribution is -2.29. The molecule has 1 rings (SSSR count). The zero-order chi connectivity index (χ0) is 12.5. The summed E-state index contributed by atoms with van der Waals surface area (Å²) in [4.78, 5) is 15.2. The number of halogens is 1. The molecule has 1 aromatic rings. The lowest BCUT2D eigenvalue weighted by atomic mass is 10.2. The summed E-state index contributed by atoms with van der Waals surface area (Å²) < 4.78 is 5.25. The Bertz CT molecular complexity index is 358. The van der Waals surface area contributed by atoms with Crippen LogP contribution < -0.4 is 10.1 Å². The van der Waals surface area contributed by atoms with Crippen molar-refractivity contribution in [1.82, 2.24) is 10.3 Å². The highest BCUT2D eigenvalue weighted by Crippen LogP contribution is 2.19. The smallest absolute Gasteiger partial charge is 0.257 e. The van der Waals surface area contributed by atoms with Crippen LogP contribution in [0.15, 0.2) is 18.3 Å². The molecule has 0 aromatic carbocycles. The summed E-state index contributed by atoms with van der Waals surface area (Å²) in [5, 5.41) is 3.05. The molecule has 0 unspecified atom stereocenters. The molecule has 0 spiro atoms. The van der Waals surface area contributed by atoms with Crippen LogP contribution in [0.4, 0.5) is 0 Å². The van der Waals surface area contributed by atoms with Crippen molar-refractivity contribution in [3.05, 3.63) is 23.5 Å². The zero-order valence-corrected chi connectivity index (χ0v) is 10.7. The number of nitrogens with zero attached hydrogens (tertiary/aromatic N) is 1. The van der Waals surface area contributed by atoms with E-state index >= 15 is 0 Å². The summed E-state index contributed by atoms with van der Waals surface area (Å²) in [5.41, 5.74) is 0. The monoisotopic (exact) mass is 256 g/mol. The Morgan fingerprint density at radius 1 is 1.53 bits per heavy atom. The fourth-order valence-electron chi connectivity index (χ4n) is 1.28. The lowest BCUT2D eigenvalue weighted by Gasteiger charge is -2.07. The zero-order valence-electron chi connectivity index (χ0n) is 9.91. The molecular formula is C12H17ClN2O2. The van der Waals surface area contributed by atoms with E-state index in [1.165, 1.54) is 0 Å². The number of rotatable bonds is 7. The molecule has 0 fully saturated rings. The van der Waals surface area contributed by atoms with Gasteiger partial charge in [0.15, 0.2) is 17.5 Å². The number of nitrogens with one attached hydrogen (secondary N) is 1. The van der Waals surface area contributed by atoms with Gasteiger partial charge in [-0.25, -0.2) is 4.98 Å². The molecular weight excluding hydrogens is 240 g/mol. The van der Waals surface area contributed by atoms with Gasteiger partial charge < -0.3 is 10.1 Å². The van der Waals surface area contributed by atoms with Crippen LogP contribution in [0.2, 0.25) is 5.15 Å². The van der Waals surface area contributed by atoms with Crippen LogP contribution in [0.5, 0.6) is 5.75 Å². The molecule has 1 amide bonds. The van der Waals surface area contributed by atoms with Crippen molar-refractivity contribution < 1.29 is 9.53 Å². The molecule has 17 heavy (non-hydrogen) atoms. The van der Waals surface area contributed by atoms with Crippen molar-refractivity contribution in [2.24, 2.45) is 0 Å². The van der Waals surface area contributed by atoms with Crippen molar-refractivity contribution >= 4 is 17.5 Å². The molecule has 0 saturated heterocycles. The SMILES string of the molecule is CCCCCNC(=O)COc1cccnc1Cl. The van der Waals surface area contributed by atoms with E-state index in [4.69, 9.17) is 16.3 Å². The minimum Gasteiger partial charge on any atom is -0.481 e. The molecule has 0 aliphatic rings. The second kappa shape index (κ2) is 7.90. The number of pyridine rings is 1. The predicted molar refractivity (Wildman–Crippen MR) is 67.3 cm³/mol. The third kappa shape index (κ3) is 5.54. The second-order valence-electron chi connectivity index (χ2n) is 3.64. The number of unbranched alkanes of at least 4 members (excludes halogenated alkanes) is 2. The van der Waals surface area contributed by atoms with Gasteiger partial charge in [0.2, 0.25) is 0 Å². The maximum atomic E-state index is 11.4. The van der Waals surface area contributed by atoms with Crippen LogP contribution in [0.25, 0.3) is 0 Å². The molecule has 5 heteroatoms. The highest BCUT2D eigenvalue weighted by Gasteiger charge is 2.05. The van der Waals surface area contributed by atoms with E-state index in [1.807, 2.05) is 0 Å². The van der Waals surface area contributed by atoms with E-state index in [9.17, 15) is 4.79 Å². The molecule has 0 bridgehead atoms. The fraction of sp³-hybridized carbons (Fsp3) is 0.500. The standard InChI is InChI=1S/C12H17ClN2O2/c1-2-3-4-7-14-11(16)9-17-10-6-5-8-15-12(10)13/h5-6,8H,2-4,7,9H2,1H3,(H,14,16). The Morgan fingerprint density at radius 2 is 2.35 bits per heavy atom. The third-order valence-corrected chi connectivity index (χ3v) is 2.47. The van der Waals surface area contributed by atoms with Crippen LogP contribution in [-0.4, -0.2) is 24.0 Å². The van der Waals surface area contributed by atoms with Gasteiger partial charge in [0.05, 0.1) is 0 Å². The molecule has 1 aromatic heterocycles. The molecule has 0 aliphatic carbocycles. The maximum absolute atomic E-state index is 11.4. The fourth-order valence-corrected chi connectivity index (χ4v) is 1.45. The average molecular weight is 257 g/mol. The molecule has 0 saturated carbocycles. The average Bonchev–Trinajstić information content (AvgIpc) is 2.34. The van der Waals surface area contributed by atoms with E-state index in [0.29, 0.717) is 12.3 Å². The summed E-state index contributed by atoms with van der Waals surface area (Å²) >= 11 is 5.79. The van der Waals surface area contributed by atoms with E-state index in [-0.39, 0.29) is 17.7 Å². The van der Waals surface area contributed by atoms with Crippen molar-refractivity contribution in [3.63, 3.8) is 0 Å². The molecule has 0 radical (unpaired) electrons. The third-order valence-electron chi connectivity index (χ3n) is 2.19. The van der Waals surface area contributed by atoms with Gasteiger partial charge in [-0.1, -0.05) is 31.4 Å². The molecule has 1 N–H and O–H groups in total. The molecule has 4 nitrogen and oxygen atoms in total. The van der Waals surface area contributed by atoms with Gasteiger partial charge in [-0.05, 0) is 18.6 Å². The van der Waals surface area contributed by atoms with Gasteiger partial charge >= 0.3 is 0 Å². The van der Waals surface area contributed by atoms with E-state index < -0.39 is 0 Å². The molecule has 0 aliphatic heterocycles. The summed E-state index contributed by atoms with van der Waals surface area (Å²) in [6, 6.07) is 3.39. The van der Waals surface area contributed by atoms with Crippen molar-refractivity contribution in [2.45, 2.75) is 26.2 Å². The van der Waals surface area contributed by atoms with Crippen molar-refractivity contribution in [2.75, 3.05) is 13.2 Å². The normalized spacial score (nSPS) is 10.0. The Kier molecular flexibility index (Phi) is 6.40. The molecule has 1 heterocycles. The predicted octanol–water partition coefficient (Wildman–Crippen LogP) is 2.42. The second-order valence-corrected chi connectivity index (χ2v) is 4.00. The minimum atomic E-state index is -0.138. The summed E-state index contributed by atoms with van der Waals surface area (Å²) in [6.07, 6.45) is 4.82. The first kappa shape index (κ1) is 13.8. The van der Waals surface area contributed by atoms with Gasteiger partial charge in [-0.15, -0.1) is 0 Å². The Morgan fingerprint density at radius 3 is 3.06 bits per heavy atom. The highest BCUT2D eigenvalue weighted by molar-refractivity contribution is 6.30. The van der Waals surface area contributed by atoms with E-state index in [1.54, 1.807) is 18.3 Å². The van der Waals surface area contributed by atoms with Gasteiger partial charge in [-0.2, -0.15) is 0 Å². The van der Waals surface area contributed by atoms with E-state index in [0.717, 1.165) is 19.3 Å². The molecule has 0 atom stereocenters. The maximum Gasteiger partial charge on any atom is 0.257 e. The number of hydrogen-bond donors (Lipinski definition) is 1. The Labute approximate surface area is 106 Å². The van der Waals surface area contributed by atoms with Crippen LogP contribution in [0, 0.1) is 0 Å². The van der Waals surface area contributed by atoms with Gasteiger partial charge in [0, 0.05) is 12.7 Å². The first-order chi connectivity index (χ1) is 8.24. The number of ether oxygens (including phenoxy) is 1. The first-order valence-electron chi connectivity index (χ1n) is 5.74. The van der Waals surface area contributed by atoms with Gasteiger partial charge in [0.25, 0.3) is 5.91 Å². The Hall–Kier alpha value is -1.29. The summed E-state index contributed by atoms with van der Waals surface area (Å²) in [7, 11) is 0. The van der Waals surface area contributed by atoms with Gasteiger partial charge in [0.1, 0.15) is 0 Å². The van der Waals surface area contributed by atoms with Crippen molar-refractivity contribution in [1.29, 1.82) is 0 Å².